The van der Waals surface area contributed by atoms with Crippen molar-refractivity contribution in [2.24, 2.45) is 0 Å². The van der Waals surface area contributed by atoms with E-state index in [1.165, 1.54) is 40.6 Å². The van der Waals surface area contributed by atoms with Crippen LogP contribution in [0.5, 0.6) is 0 Å². The first-order valence-corrected chi connectivity index (χ1v) is 7.43. The fourth-order valence-corrected chi connectivity index (χ4v) is 4.00. The third kappa shape index (κ3) is 2.35. The molecule has 2 aromatic rings. The van der Waals surface area contributed by atoms with Gasteiger partial charge in [0.25, 0.3) is 0 Å². The zero-order valence-corrected chi connectivity index (χ0v) is 11.3. The highest BCUT2D eigenvalue weighted by Gasteiger charge is 2.16. The molecule has 0 bridgehead atoms. The molecule has 1 fully saturated rings. The summed E-state index contributed by atoms with van der Waals surface area (Å²) in [5.74, 6) is 0. The van der Waals surface area contributed by atoms with Gasteiger partial charge in [-0.3, -0.25) is 0 Å². The minimum Gasteiger partial charge on any atom is -0.309 e. The Morgan fingerprint density at radius 1 is 1.24 bits per heavy atom. The Morgan fingerprint density at radius 2 is 2.00 bits per heavy atom. The Morgan fingerprint density at radius 3 is 2.76 bits per heavy atom. The van der Waals surface area contributed by atoms with Crippen LogP contribution in [0.15, 0.2) is 24.3 Å². The fourth-order valence-electron chi connectivity index (χ4n) is 2.55. The number of thiophene rings is 1. The van der Waals surface area contributed by atoms with Gasteiger partial charge in [0, 0.05) is 27.5 Å². The summed E-state index contributed by atoms with van der Waals surface area (Å²) < 4.78 is 1.29. The highest BCUT2D eigenvalue weighted by molar-refractivity contribution is 7.19. The number of halogens is 1. The van der Waals surface area contributed by atoms with Crippen LogP contribution >= 0.6 is 22.9 Å². The molecule has 90 valence electrons. The number of hydrogen-bond donors (Lipinski definition) is 1. The summed E-state index contributed by atoms with van der Waals surface area (Å²) in [6.45, 7) is 0.919. The highest BCUT2D eigenvalue weighted by Crippen LogP contribution is 2.35. The summed E-state index contributed by atoms with van der Waals surface area (Å²) in [6, 6.07) is 9.08. The van der Waals surface area contributed by atoms with Gasteiger partial charge in [-0.05, 0) is 18.9 Å². The van der Waals surface area contributed by atoms with E-state index in [9.17, 15) is 0 Å². The molecular weight excluding hydrogens is 250 g/mol. The highest BCUT2D eigenvalue weighted by atomic mass is 35.5. The zero-order chi connectivity index (χ0) is 11.7. The van der Waals surface area contributed by atoms with Gasteiger partial charge in [-0.25, -0.2) is 0 Å². The summed E-state index contributed by atoms with van der Waals surface area (Å²) in [5.41, 5.74) is 0. The van der Waals surface area contributed by atoms with Gasteiger partial charge in [-0.1, -0.05) is 42.6 Å². The normalized spacial score (nSPS) is 17.0. The van der Waals surface area contributed by atoms with Crippen LogP contribution in [0.1, 0.15) is 30.6 Å². The summed E-state index contributed by atoms with van der Waals surface area (Å²) in [7, 11) is 0. The lowest BCUT2D eigenvalue weighted by atomic mass is 10.2. The Hall–Kier alpha value is -0.570. The van der Waals surface area contributed by atoms with E-state index < -0.39 is 0 Å². The van der Waals surface area contributed by atoms with E-state index in [-0.39, 0.29) is 0 Å². The molecule has 0 atom stereocenters. The molecule has 3 heteroatoms. The van der Waals surface area contributed by atoms with Crippen LogP contribution in [0.3, 0.4) is 0 Å². The van der Waals surface area contributed by atoms with Gasteiger partial charge < -0.3 is 5.32 Å². The van der Waals surface area contributed by atoms with Crippen molar-refractivity contribution in [1.29, 1.82) is 0 Å². The standard InChI is InChI=1S/C14H16ClNS/c15-14-11-7-3-4-8-12(11)17-13(14)9-16-10-5-1-2-6-10/h3-4,7-8,10,16H,1-2,5-6,9H2. The quantitative estimate of drug-likeness (QED) is 0.856. The van der Waals surface area contributed by atoms with Gasteiger partial charge in [-0.15, -0.1) is 11.3 Å². The van der Waals surface area contributed by atoms with Crippen LogP contribution in [0.2, 0.25) is 5.02 Å². The van der Waals surface area contributed by atoms with E-state index in [0.717, 1.165) is 11.6 Å². The molecular formula is C14H16ClNS. The lowest BCUT2D eigenvalue weighted by Gasteiger charge is -2.10. The SMILES string of the molecule is Clc1c(CNC2CCCC2)sc2ccccc12. The molecule has 1 saturated carbocycles. The smallest absolute Gasteiger partial charge is 0.0636 e. The van der Waals surface area contributed by atoms with Crippen molar-refractivity contribution in [2.45, 2.75) is 38.3 Å². The van der Waals surface area contributed by atoms with E-state index in [2.05, 4.69) is 29.6 Å². The Balaban J connectivity index is 1.78. The average molecular weight is 266 g/mol. The molecule has 3 rings (SSSR count). The maximum Gasteiger partial charge on any atom is 0.0636 e. The van der Waals surface area contributed by atoms with Crippen LogP contribution in [-0.2, 0) is 6.54 Å². The number of nitrogens with one attached hydrogen (secondary N) is 1. The second-order valence-electron chi connectivity index (χ2n) is 4.70. The largest absolute Gasteiger partial charge is 0.309 e. The molecule has 0 unspecified atom stereocenters. The first kappa shape index (κ1) is 11.5. The Kier molecular flexibility index (Phi) is 3.37. The predicted molar refractivity (Wildman–Crippen MR) is 75.9 cm³/mol. The van der Waals surface area contributed by atoms with Gasteiger partial charge in [0.15, 0.2) is 0 Å². The molecule has 0 amide bonds. The maximum atomic E-state index is 6.41. The minimum atomic E-state index is 0.705. The van der Waals surface area contributed by atoms with Crippen LogP contribution in [0.25, 0.3) is 10.1 Å². The van der Waals surface area contributed by atoms with Crippen LogP contribution in [0.4, 0.5) is 0 Å². The molecule has 1 aromatic carbocycles. The Labute approximate surface area is 111 Å². The second-order valence-corrected chi connectivity index (χ2v) is 6.21. The van der Waals surface area contributed by atoms with Gasteiger partial charge in [-0.2, -0.15) is 0 Å². The van der Waals surface area contributed by atoms with E-state index in [4.69, 9.17) is 11.6 Å². The molecule has 1 nitrogen and oxygen atoms in total. The van der Waals surface area contributed by atoms with E-state index in [1.54, 1.807) is 0 Å². The average Bonchev–Trinajstić information content (AvgIpc) is 2.96. The molecule has 0 saturated heterocycles. The number of benzene rings is 1. The molecule has 1 N–H and O–H groups in total. The number of hydrogen-bond acceptors (Lipinski definition) is 2. The molecule has 0 spiro atoms. The van der Waals surface area contributed by atoms with Crippen molar-refractivity contribution in [3.8, 4) is 0 Å². The summed E-state index contributed by atoms with van der Waals surface area (Å²) in [5, 5.41) is 5.76. The number of rotatable bonds is 3. The van der Waals surface area contributed by atoms with E-state index in [0.29, 0.717) is 6.04 Å². The zero-order valence-electron chi connectivity index (χ0n) is 9.71. The molecule has 17 heavy (non-hydrogen) atoms. The van der Waals surface area contributed by atoms with Crippen molar-refractivity contribution in [2.75, 3.05) is 0 Å². The lowest BCUT2D eigenvalue weighted by Crippen LogP contribution is -2.24. The molecule has 1 aliphatic rings. The molecule has 0 aliphatic heterocycles. The van der Waals surface area contributed by atoms with Crippen LogP contribution in [-0.4, -0.2) is 6.04 Å². The van der Waals surface area contributed by atoms with Crippen molar-refractivity contribution in [1.82, 2.24) is 5.32 Å². The first-order valence-electron chi connectivity index (χ1n) is 6.24. The maximum absolute atomic E-state index is 6.41. The second kappa shape index (κ2) is 4.97. The monoisotopic (exact) mass is 265 g/mol. The topological polar surface area (TPSA) is 12.0 Å². The van der Waals surface area contributed by atoms with Gasteiger partial charge >= 0.3 is 0 Å². The van der Waals surface area contributed by atoms with E-state index >= 15 is 0 Å². The molecule has 1 heterocycles. The minimum absolute atomic E-state index is 0.705. The fraction of sp³-hybridized carbons (Fsp3) is 0.429. The molecule has 0 radical (unpaired) electrons. The third-order valence-corrected chi connectivity index (χ3v) is 5.22. The molecule has 1 aliphatic carbocycles. The summed E-state index contributed by atoms with van der Waals surface area (Å²) in [4.78, 5) is 1.28. The predicted octanol–water partition coefficient (Wildman–Crippen LogP) is 4.59. The number of fused-ring (bicyclic) bond motifs is 1. The van der Waals surface area contributed by atoms with Crippen LogP contribution < -0.4 is 5.32 Å². The summed E-state index contributed by atoms with van der Waals surface area (Å²) in [6.07, 6.45) is 5.39. The van der Waals surface area contributed by atoms with Crippen molar-refractivity contribution in [3.63, 3.8) is 0 Å². The van der Waals surface area contributed by atoms with Crippen molar-refractivity contribution < 1.29 is 0 Å². The van der Waals surface area contributed by atoms with Crippen molar-refractivity contribution in [3.05, 3.63) is 34.2 Å². The van der Waals surface area contributed by atoms with Gasteiger partial charge in [0.05, 0.1) is 5.02 Å². The molecule has 1 aromatic heterocycles. The van der Waals surface area contributed by atoms with Gasteiger partial charge in [0.2, 0.25) is 0 Å². The first-order chi connectivity index (χ1) is 8.34. The van der Waals surface area contributed by atoms with Gasteiger partial charge in [0.1, 0.15) is 0 Å². The van der Waals surface area contributed by atoms with Crippen LogP contribution in [0, 0.1) is 0 Å². The third-order valence-electron chi connectivity index (χ3n) is 3.51. The van der Waals surface area contributed by atoms with E-state index in [1.807, 2.05) is 11.3 Å². The van der Waals surface area contributed by atoms with Crippen molar-refractivity contribution >= 4 is 33.0 Å². The summed E-state index contributed by atoms with van der Waals surface area (Å²) >= 11 is 8.23. The lowest BCUT2D eigenvalue weighted by molar-refractivity contribution is 0.527. The Bertz CT molecular complexity index is 514.